The molecular formula is C22H22F2N4O2S. The maximum atomic E-state index is 13.8. The fourth-order valence-corrected chi connectivity index (χ4v) is 4.35. The Bertz CT molecular complexity index is 1100. The number of amides is 1. The number of ether oxygens (including phenoxy) is 1. The summed E-state index contributed by atoms with van der Waals surface area (Å²) in [5.41, 5.74) is 2.48. The molecule has 3 heterocycles. The van der Waals surface area contributed by atoms with E-state index in [0.717, 1.165) is 52.1 Å². The molecule has 4 rings (SSSR count). The van der Waals surface area contributed by atoms with E-state index in [-0.39, 0.29) is 24.3 Å². The molecule has 162 valence electrons. The highest BCUT2D eigenvalue weighted by Gasteiger charge is 2.31. The van der Waals surface area contributed by atoms with Gasteiger partial charge in [0.2, 0.25) is 0 Å². The van der Waals surface area contributed by atoms with Crippen molar-refractivity contribution in [1.82, 2.24) is 14.9 Å². The predicted molar refractivity (Wildman–Crippen MR) is 115 cm³/mol. The SMILES string of the molecule is Cc1cc(Nc2ncc(C)s2)cc([C@@H]2CCCN2C(=O)COc2ccc(F)cc2F)n1. The summed E-state index contributed by atoms with van der Waals surface area (Å²) < 4.78 is 32.1. The van der Waals surface area contributed by atoms with Gasteiger partial charge in [-0.2, -0.15) is 0 Å². The second-order valence-electron chi connectivity index (χ2n) is 7.43. The minimum Gasteiger partial charge on any atom is -0.481 e. The van der Waals surface area contributed by atoms with Crippen LogP contribution < -0.4 is 10.1 Å². The summed E-state index contributed by atoms with van der Waals surface area (Å²) in [7, 11) is 0. The van der Waals surface area contributed by atoms with Crippen molar-refractivity contribution in [2.75, 3.05) is 18.5 Å². The number of thiazole rings is 1. The Hall–Kier alpha value is -3.07. The van der Waals surface area contributed by atoms with Crippen molar-refractivity contribution in [2.45, 2.75) is 32.7 Å². The standard InChI is InChI=1S/C22H22F2N4O2S/c1-13-8-16(27-22-25-11-14(2)31-22)10-18(26-13)19-4-3-7-28(19)21(29)12-30-20-6-5-15(23)9-17(20)24/h5-6,8-11,19H,3-4,7,12H2,1-2H3,(H,25,26,27)/t19-/m0/s1. The van der Waals surface area contributed by atoms with Crippen LogP contribution in [0.4, 0.5) is 19.6 Å². The van der Waals surface area contributed by atoms with Crippen LogP contribution in [0.15, 0.2) is 36.5 Å². The Kier molecular flexibility index (Phi) is 6.13. The van der Waals surface area contributed by atoms with Gasteiger partial charge in [0.1, 0.15) is 5.82 Å². The molecule has 1 N–H and O–H groups in total. The fraction of sp³-hybridized carbons (Fsp3) is 0.318. The molecule has 31 heavy (non-hydrogen) atoms. The molecule has 6 nitrogen and oxygen atoms in total. The van der Waals surface area contributed by atoms with Crippen molar-refractivity contribution in [3.8, 4) is 5.75 Å². The van der Waals surface area contributed by atoms with Crippen LogP contribution in [-0.4, -0.2) is 33.9 Å². The number of benzene rings is 1. The Morgan fingerprint density at radius 3 is 2.87 bits per heavy atom. The molecule has 0 radical (unpaired) electrons. The topological polar surface area (TPSA) is 67.4 Å². The monoisotopic (exact) mass is 444 g/mol. The molecule has 0 unspecified atom stereocenters. The van der Waals surface area contributed by atoms with Crippen molar-refractivity contribution in [3.05, 3.63) is 64.4 Å². The van der Waals surface area contributed by atoms with Crippen LogP contribution in [0.3, 0.4) is 0 Å². The predicted octanol–water partition coefficient (Wildman–Crippen LogP) is 4.92. The second kappa shape index (κ2) is 8.97. The summed E-state index contributed by atoms with van der Waals surface area (Å²) in [5, 5.41) is 4.09. The van der Waals surface area contributed by atoms with Crippen molar-refractivity contribution in [3.63, 3.8) is 0 Å². The summed E-state index contributed by atoms with van der Waals surface area (Å²) in [4.78, 5) is 24.6. The van der Waals surface area contributed by atoms with Gasteiger partial charge in [-0.15, -0.1) is 11.3 Å². The number of nitrogens with zero attached hydrogens (tertiary/aromatic N) is 3. The third-order valence-corrected chi connectivity index (χ3v) is 5.83. The van der Waals surface area contributed by atoms with Gasteiger partial charge >= 0.3 is 0 Å². The Morgan fingerprint density at radius 2 is 2.13 bits per heavy atom. The highest BCUT2D eigenvalue weighted by Crippen LogP contribution is 2.33. The highest BCUT2D eigenvalue weighted by molar-refractivity contribution is 7.15. The van der Waals surface area contributed by atoms with E-state index in [1.54, 1.807) is 16.2 Å². The molecule has 2 aromatic heterocycles. The van der Waals surface area contributed by atoms with Gasteiger partial charge in [0.15, 0.2) is 23.3 Å². The number of hydrogen-bond acceptors (Lipinski definition) is 6. The van der Waals surface area contributed by atoms with Crippen LogP contribution >= 0.6 is 11.3 Å². The van der Waals surface area contributed by atoms with Gasteiger partial charge in [-0.05, 0) is 51.0 Å². The number of pyridine rings is 1. The Labute approximate surface area is 182 Å². The summed E-state index contributed by atoms with van der Waals surface area (Å²) in [5.74, 6) is -1.94. The number of carbonyl (C=O) groups is 1. The first-order valence-electron chi connectivity index (χ1n) is 9.94. The minimum absolute atomic E-state index is 0.149. The van der Waals surface area contributed by atoms with E-state index in [2.05, 4.69) is 15.3 Å². The lowest BCUT2D eigenvalue weighted by atomic mass is 10.1. The van der Waals surface area contributed by atoms with Gasteiger partial charge in [-0.1, -0.05) is 0 Å². The van der Waals surface area contributed by atoms with Gasteiger partial charge < -0.3 is 15.0 Å². The molecule has 9 heteroatoms. The number of rotatable bonds is 6. The van der Waals surface area contributed by atoms with Crippen LogP contribution in [0, 0.1) is 25.5 Å². The second-order valence-corrected chi connectivity index (χ2v) is 8.67. The summed E-state index contributed by atoms with van der Waals surface area (Å²) in [6.45, 7) is 4.15. The quantitative estimate of drug-likeness (QED) is 0.585. The van der Waals surface area contributed by atoms with Crippen molar-refractivity contribution in [1.29, 1.82) is 0 Å². The molecule has 3 aromatic rings. The molecule has 1 aromatic carbocycles. The molecule has 1 amide bonds. The van der Waals surface area contributed by atoms with Gasteiger partial charge in [0.05, 0.1) is 11.7 Å². The van der Waals surface area contributed by atoms with Gasteiger partial charge in [0, 0.05) is 35.1 Å². The van der Waals surface area contributed by atoms with Crippen molar-refractivity contribution in [2.24, 2.45) is 0 Å². The average Bonchev–Trinajstić information content (AvgIpc) is 3.36. The first-order chi connectivity index (χ1) is 14.9. The number of aryl methyl sites for hydroxylation is 2. The molecule has 1 aliphatic rings. The smallest absolute Gasteiger partial charge is 0.261 e. The lowest BCUT2D eigenvalue weighted by molar-refractivity contribution is -0.134. The maximum Gasteiger partial charge on any atom is 0.261 e. The lowest BCUT2D eigenvalue weighted by Crippen LogP contribution is -2.35. The van der Waals surface area contributed by atoms with E-state index in [1.807, 2.05) is 32.2 Å². The zero-order chi connectivity index (χ0) is 22.0. The van der Waals surface area contributed by atoms with Gasteiger partial charge in [-0.3, -0.25) is 9.78 Å². The first-order valence-corrected chi connectivity index (χ1v) is 10.8. The Balaban J connectivity index is 1.47. The molecule has 1 aliphatic heterocycles. The van der Waals surface area contributed by atoms with E-state index in [1.165, 1.54) is 6.07 Å². The number of anilines is 2. The molecule has 0 aliphatic carbocycles. The zero-order valence-corrected chi connectivity index (χ0v) is 18.0. The molecular weight excluding hydrogens is 422 g/mol. The van der Waals surface area contributed by atoms with Crippen molar-refractivity contribution < 1.29 is 18.3 Å². The van der Waals surface area contributed by atoms with E-state index < -0.39 is 11.6 Å². The lowest BCUT2D eigenvalue weighted by Gasteiger charge is -2.25. The highest BCUT2D eigenvalue weighted by atomic mass is 32.1. The first kappa shape index (κ1) is 21.2. The van der Waals surface area contributed by atoms with E-state index in [0.29, 0.717) is 6.54 Å². The third-order valence-electron chi connectivity index (χ3n) is 5.01. The van der Waals surface area contributed by atoms with Crippen LogP contribution in [-0.2, 0) is 4.79 Å². The van der Waals surface area contributed by atoms with Crippen LogP contribution in [0.25, 0.3) is 0 Å². The van der Waals surface area contributed by atoms with Crippen molar-refractivity contribution >= 4 is 28.1 Å². The summed E-state index contributed by atoms with van der Waals surface area (Å²) in [6.07, 6.45) is 3.43. The minimum atomic E-state index is -0.834. The number of nitrogens with one attached hydrogen (secondary N) is 1. The van der Waals surface area contributed by atoms with Crippen LogP contribution in [0.2, 0.25) is 0 Å². The largest absolute Gasteiger partial charge is 0.481 e. The average molecular weight is 445 g/mol. The molecule has 0 spiro atoms. The number of carbonyl (C=O) groups excluding carboxylic acids is 1. The molecule has 1 atom stereocenters. The van der Waals surface area contributed by atoms with E-state index >= 15 is 0 Å². The van der Waals surface area contributed by atoms with E-state index in [4.69, 9.17) is 4.74 Å². The third kappa shape index (κ3) is 4.99. The number of aromatic nitrogens is 2. The number of hydrogen-bond donors (Lipinski definition) is 1. The fourth-order valence-electron chi connectivity index (χ4n) is 3.66. The molecule has 0 saturated carbocycles. The maximum absolute atomic E-state index is 13.8. The van der Waals surface area contributed by atoms with Gasteiger partial charge in [-0.25, -0.2) is 13.8 Å². The number of halogens is 2. The Morgan fingerprint density at radius 1 is 1.29 bits per heavy atom. The van der Waals surface area contributed by atoms with E-state index in [9.17, 15) is 13.6 Å². The molecule has 0 bridgehead atoms. The molecule has 1 saturated heterocycles. The van der Waals surface area contributed by atoms with Crippen LogP contribution in [0.5, 0.6) is 5.75 Å². The van der Waals surface area contributed by atoms with Crippen LogP contribution in [0.1, 0.15) is 35.1 Å². The zero-order valence-electron chi connectivity index (χ0n) is 17.2. The van der Waals surface area contributed by atoms with Gasteiger partial charge in [0.25, 0.3) is 5.91 Å². The normalized spacial score (nSPS) is 15.9. The summed E-state index contributed by atoms with van der Waals surface area (Å²) >= 11 is 1.56. The number of likely N-dealkylation sites (tertiary alicyclic amines) is 1. The summed E-state index contributed by atoms with van der Waals surface area (Å²) in [6, 6.07) is 6.68. The molecule has 1 fully saturated rings.